The molecule has 8 nitrogen and oxygen atoms in total. The number of nitrogens with one attached hydrogen (secondary N) is 1. The second kappa shape index (κ2) is 10.0. The number of pyridine rings is 1. The van der Waals surface area contributed by atoms with Crippen molar-refractivity contribution in [3.63, 3.8) is 0 Å². The van der Waals surface area contributed by atoms with E-state index >= 15 is 0 Å². The minimum Gasteiger partial charge on any atom is -0.386 e. The normalized spacial score (nSPS) is 17.1. The van der Waals surface area contributed by atoms with E-state index < -0.39 is 33.7 Å². The summed E-state index contributed by atoms with van der Waals surface area (Å²) < 4.78 is 49.4. The number of aromatic nitrogens is 1. The second-order valence-corrected chi connectivity index (χ2v) is 12.7. The summed E-state index contributed by atoms with van der Waals surface area (Å²) in [7, 11) is -2.49. The number of amides is 1. The monoisotopic (exact) mass is 538 g/mol. The van der Waals surface area contributed by atoms with Gasteiger partial charge in [-0.05, 0) is 49.7 Å². The zero-order valence-corrected chi connectivity index (χ0v) is 21.4. The maximum absolute atomic E-state index is 14.9. The summed E-state index contributed by atoms with van der Waals surface area (Å²) in [5.74, 6) is -1.42. The molecule has 0 atom stereocenters. The van der Waals surface area contributed by atoms with Gasteiger partial charge in [0.15, 0.2) is 0 Å². The molecule has 1 saturated heterocycles. The van der Waals surface area contributed by atoms with Gasteiger partial charge in [-0.15, -0.1) is 11.3 Å². The smallest absolute Gasteiger partial charge is 0.251 e. The molecule has 3 aromatic rings. The Labute approximate surface area is 213 Å². The van der Waals surface area contributed by atoms with Crippen LogP contribution in [0, 0.1) is 11.6 Å². The number of halogens is 2. The van der Waals surface area contributed by atoms with E-state index in [1.807, 2.05) is 6.07 Å². The van der Waals surface area contributed by atoms with Gasteiger partial charge in [0.1, 0.15) is 22.5 Å². The highest BCUT2D eigenvalue weighted by atomic mass is 32.3. The maximum atomic E-state index is 14.9. The van der Waals surface area contributed by atoms with E-state index in [9.17, 15) is 27.8 Å². The minimum atomic E-state index is -2.49. The van der Waals surface area contributed by atoms with Crippen LogP contribution in [0.3, 0.4) is 0 Å². The maximum Gasteiger partial charge on any atom is 0.251 e. The SMILES string of the molecule is CC(C)(O)c1cc(F)c(-c2cc(C(N)=O)c(Nc3cccc(CN4CCS(O)(O)CC4)n3)s2)c(F)c1. The standard InChI is InChI=1S/C24H28F2N4O4S2/c1-24(2,32)14-10-17(25)21(18(26)11-14)19-12-16(22(27)31)23(35-19)29-20-5-3-4-15(28-20)13-30-6-8-36(33,34)9-7-30/h3-5,10-12,32-34H,6-9,13H2,1-2H3,(H2,27,31)(H,28,29). The number of anilines is 2. The summed E-state index contributed by atoms with van der Waals surface area (Å²) in [5, 5.41) is 13.4. The lowest BCUT2D eigenvalue weighted by Gasteiger charge is -2.40. The van der Waals surface area contributed by atoms with Crippen LogP contribution in [0.25, 0.3) is 10.4 Å². The lowest BCUT2D eigenvalue weighted by atomic mass is 9.96. The van der Waals surface area contributed by atoms with Gasteiger partial charge in [-0.3, -0.25) is 18.8 Å². The number of nitrogens with two attached hydrogens (primary N) is 1. The molecule has 194 valence electrons. The number of carbonyl (C=O) groups is 1. The number of rotatable bonds is 7. The first-order valence-corrected chi connectivity index (χ1v) is 13.9. The Morgan fingerprint density at radius 3 is 2.42 bits per heavy atom. The van der Waals surface area contributed by atoms with Crippen LogP contribution in [-0.4, -0.2) is 54.6 Å². The van der Waals surface area contributed by atoms with Gasteiger partial charge in [-0.25, -0.2) is 13.8 Å². The summed E-state index contributed by atoms with van der Waals surface area (Å²) in [4.78, 5) is 18.9. The number of benzene rings is 1. The highest BCUT2D eigenvalue weighted by Gasteiger charge is 2.25. The number of aliphatic hydroxyl groups is 1. The van der Waals surface area contributed by atoms with Crippen molar-refractivity contribution in [3.05, 3.63) is 64.9 Å². The molecule has 6 N–H and O–H groups in total. The number of carbonyl (C=O) groups excluding carboxylic acids is 1. The molecule has 0 saturated carbocycles. The van der Waals surface area contributed by atoms with E-state index in [2.05, 4.69) is 15.2 Å². The molecule has 1 aromatic carbocycles. The first-order valence-electron chi connectivity index (χ1n) is 11.2. The summed E-state index contributed by atoms with van der Waals surface area (Å²) in [6, 6.07) is 8.78. The first-order chi connectivity index (χ1) is 16.8. The minimum absolute atomic E-state index is 0.0637. The predicted octanol–water partition coefficient (Wildman–Crippen LogP) is 4.72. The van der Waals surface area contributed by atoms with Crippen molar-refractivity contribution in [2.75, 3.05) is 29.9 Å². The Balaban J connectivity index is 1.59. The Morgan fingerprint density at radius 1 is 1.19 bits per heavy atom. The van der Waals surface area contributed by atoms with Crippen molar-refractivity contribution in [3.8, 4) is 10.4 Å². The summed E-state index contributed by atoms with van der Waals surface area (Å²) in [5.41, 5.74) is 4.68. The third kappa shape index (κ3) is 6.02. The van der Waals surface area contributed by atoms with Crippen LogP contribution in [0.15, 0.2) is 36.4 Å². The van der Waals surface area contributed by atoms with E-state index in [-0.39, 0.29) is 21.6 Å². The van der Waals surface area contributed by atoms with Crippen LogP contribution < -0.4 is 11.1 Å². The van der Waals surface area contributed by atoms with Crippen LogP contribution in [0.4, 0.5) is 19.6 Å². The Hall–Kier alpha value is -2.61. The average molecular weight is 539 g/mol. The second-order valence-electron chi connectivity index (χ2n) is 9.22. The molecule has 0 spiro atoms. The zero-order valence-electron chi connectivity index (χ0n) is 19.8. The van der Waals surface area contributed by atoms with Crippen LogP contribution >= 0.6 is 21.9 Å². The molecular formula is C24H28F2N4O4S2. The Morgan fingerprint density at radius 2 is 1.83 bits per heavy atom. The van der Waals surface area contributed by atoms with Crippen LogP contribution in [0.2, 0.25) is 0 Å². The van der Waals surface area contributed by atoms with Gasteiger partial charge in [0.25, 0.3) is 5.91 Å². The van der Waals surface area contributed by atoms with Crippen LogP contribution in [0.5, 0.6) is 0 Å². The first kappa shape index (κ1) is 26.5. The molecule has 0 radical (unpaired) electrons. The molecule has 12 heteroatoms. The van der Waals surface area contributed by atoms with Gasteiger partial charge in [-0.1, -0.05) is 6.07 Å². The number of hydrogen-bond donors (Lipinski definition) is 5. The molecule has 1 fully saturated rings. The molecule has 0 bridgehead atoms. The van der Waals surface area contributed by atoms with Gasteiger partial charge in [0.2, 0.25) is 0 Å². The highest BCUT2D eigenvalue weighted by molar-refractivity contribution is 8.24. The van der Waals surface area contributed by atoms with Crippen molar-refractivity contribution < 1.29 is 27.8 Å². The largest absolute Gasteiger partial charge is 0.386 e. The van der Waals surface area contributed by atoms with Crippen molar-refractivity contribution in [1.82, 2.24) is 9.88 Å². The van der Waals surface area contributed by atoms with Gasteiger partial charge >= 0.3 is 0 Å². The number of nitrogens with zero attached hydrogens (tertiary/aromatic N) is 2. The van der Waals surface area contributed by atoms with E-state index in [1.165, 1.54) is 19.9 Å². The van der Waals surface area contributed by atoms with E-state index in [1.54, 1.807) is 12.1 Å². The molecule has 1 aliphatic rings. The molecule has 1 amide bonds. The third-order valence-electron chi connectivity index (χ3n) is 5.90. The zero-order chi connectivity index (χ0) is 26.3. The van der Waals surface area contributed by atoms with E-state index in [0.29, 0.717) is 42.0 Å². The number of thiophene rings is 1. The molecule has 0 aliphatic carbocycles. The van der Waals surface area contributed by atoms with E-state index in [4.69, 9.17) is 5.73 Å². The van der Waals surface area contributed by atoms with Crippen LogP contribution in [0.1, 0.15) is 35.5 Å². The lowest BCUT2D eigenvalue weighted by molar-refractivity contribution is 0.0778. The number of hydrogen-bond acceptors (Lipinski definition) is 8. The number of primary amides is 1. The van der Waals surface area contributed by atoms with Gasteiger partial charge in [-0.2, -0.15) is 10.6 Å². The Kier molecular flexibility index (Phi) is 7.37. The highest BCUT2D eigenvalue weighted by Crippen LogP contribution is 2.41. The van der Waals surface area contributed by atoms with Crippen molar-refractivity contribution in [1.29, 1.82) is 0 Å². The fraction of sp³-hybridized carbons (Fsp3) is 0.333. The van der Waals surface area contributed by atoms with Crippen molar-refractivity contribution in [2.24, 2.45) is 5.73 Å². The lowest BCUT2D eigenvalue weighted by Crippen LogP contribution is -2.37. The molecule has 36 heavy (non-hydrogen) atoms. The summed E-state index contributed by atoms with van der Waals surface area (Å²) >= 11 is 0.961. The van der Waals surface area contributed by atoms with Gasteiger partial charge in [0, 0.05) is 24.5 Å². The topological polar surface area (TPSA) is 132 Å². The molecule has 3 heterocycles. The fourth-order valence-corrected chi connectivity index (χ4v) is 6.28. The van der Waals surface area contributed by atoms with Crippen molar-refractivity contribution in [2.45, 2.75) is 26.0 Å². The molecule has 4 rings (SSSR count). The molecule has 1 aliphatic heterocycles. The molecular weight excluding hydrogens is 510 g/mol. The molecule has 0 unspecified atom stereocenters. The van der Waals surface area contributed by atoms with Crippen molar-refractivity contribution >= 4 is 38.7 Å². The van der Waals surface area contributed by atoms with Crippen LogP contribution in [-0.2, 0) is 12.1 Å². The predicted molar refractivity (Wildman–Crippen MR) is 139 cm³/mol. The summed E-state index contributed by atoms with van der Waals surface area (Å²) in [6.45, 7) is 4.46. The molecule has 2 aromatic heterocycles. The van der Waals surface area contributed by atoms with Gasteiger partial charge < -0.3 is 16.2 Å². The van der Waals surface area contributed by atoms with Gasteiger partial charge in [0.05, 0.1) is 33.9 Å². The quantitative estimate of drug-likeness (QED) is 0.294. The Bertz CT molecular complexity index is 1260. The van der Waals surface area contributed by atoms with E-state index in [0.717, 1.165) is 29.2 Å². The average Bonchev–Trinajstić information content (AvgIpc) is 3.18. The summed E-state index contributed by atoms with van der Waals surface area (Å²) in [6.07, 6.45) is 0. The third-order valence-corrected chi connectivity index (χ3v) is 8.64. The fourth-order valence-electron chi connectivity index (χ4n) is 3.86.